The molecule has 0 amide bonds. The lowest BCUT2D eigenvalue weighted by Crippen LogP contribution is -2.31. The highest BCUT2D eigenvalue weighted by Gasteiger charge is 2.49. The minimum atomic E-state index is -0.515. The zero-order valence-electron chi connectivity index (χ0n) is 10.6. The standard InChI is InChI=1S/C14H19F2N/c1-14(2)8-11(14)13(17-3)6-9-4-5-10(15)7-12(9)16/h4-5,7,11,13,17H,6,8H2,1-3H3. The minimum Gasteiger partial charge on any atom is -0.316 e. The summed E-state index contributed by atoms with van der Waals surface area (Å²) in [5.74, 6) is -0.375. The second kappa shape index (κ2) is 4.37. The Morgan fingerprint density at radius 1 is 1.41 bits per heavy atom. The van der Waals surface area contributed by atoms with Gasteiger partial charge in [-0.05, 0) is 42.9 Å². The van der Waals surface area contributed by atoms with Gasteiger partial charge in [0.15, 0.2) is 0 Å². The van der Waals surface area contributed by atoms with Gasteiger partial charge in [0.1, 0.15) is 11.6 Å². The van der Waals surface area contributed by atoms with Gasteiger partial charge >= 0.3 is 0 Å². The molecule has 1 saturated carbocycles. The fourth-order valence-corrected chi connectivity index (χ4v) is 2.56. The number of hydrogen-bond donors (Lipinski definition) is 1. The van der Waals surface area contributed by atoms with Gasteiger partial charge in [0, 0.05) is 12.1 Å². The minimum absolute atomic E-state index is 0.268. The number of rotatable bonds is 4. The van der Waals surface area contributed by atoms with E-state index in [0.717, 1.165) is 6.07 Å². The monoisotopic (exact) mass is 239 g/mol. The molecular weight excluding hydrogens is 220 g/mol. The van der Waals surface area contributed by atoms with Gasteiger partial charge in [-0.25, -0.2) is 8.78 Å². The van der Waals surface area contributed by atoms with Gasteiger partial charge in [-0.1, -0.05) is 19.9 Å². The molecule has 3 heteroatoms. The molecule has 17 heavy (non-hydrogen) atoms. The summed E-state index contributed by atoms with van der Waals surface area (Å²) in [5, 5.41) is 3.25. The molecule has 1 aromatic carbocycles. The molecule has 0 spiro atoms. The van der Waals surface area contributed by atoms with Crippen molar-refractivity contribution < 1.29 is 8.78 Å². The Kier molecular flexibility index (Phi) is 3.21. The van der Waals surface area contributed by atoms with E-state index in [1.54, 1.807) is 6.07 Å². The number of benzene rings is 1. The van der Waals surface area contributed by atoms with E-state index in [1.807, 2.05) is 7.05 Å². The Balaban J connectivity index is 2.09. The molecule has 2 rings (SSSR count). The number of halogens is 2. The lowest BCUT2D eigenvalue weighted by atomic mass is 9.97. The van der Waals surface area contributed by atoms with E-state index >= 15 is 0 Å². The highest BCUT2D eigenvalue weighted by Crippen LogP contribution is 2.53. The first kappa shape index (κ1) is 12.5. The SMILES string of the molecule is CNC(Cc1ccc(F)cc1F)C1CC1(C)C. The third kappa shape index (κ3) is 2.65. The van der Waals surface area contributed by atoms with Crippen LogP contribution in [0.4, 0.5) is 8.78 Å². The molecule has 1 aliphatic rings. The van der Waals surface area contributed by atoms with Crippen LogP contribution in [0.3, 0.4) is 0 Å². The van der Waals surface area contributed by atoms with Gasteiger partial charge < -0.3 is 5.32 Å². The first-order valence-corrected chi connectivity index (χ1v) is 6.05. The van der Waals surface area contributed by atoms with Crippen LogP contribution in [0.2, 0.25) is 0 Å². The maximum Gasteiger partial charge on any atom is 0.129 e. The van der Waals surface area contributed by atoms with Crippen LogP contribution in [-0.2, 0) is 6.42 Å². The quantitative estimate of drug-likeness (QED) is 0.851. The summed E-state index contributed by atoms with van der Waals surface area (Å²) >= 11 is 0. The van der Waals surface area contributed by atoms with E-state index in [0.29, 0.717) is 23.3 Å². The predicted molar refractivity (Wildman–Crippen MR) is 64.8 cm³/mol. The van der Waals surface area contributed by atoms with Gasteiger partial charge in [0.25, 0.3) is 0 Å². The molecule has 0 aliphatic heterocycles. The first-order chi connectivity index (χ1) is 7.94. The maximum atomic E-state index is 13.6. The van der Waals surface area contributed by atoms with Crippen LogP contribution >= 0.6 is 0 Å². The second-order valence-electron chi connectivity index (χ2n) is 5.63. The number of likely N-dealkylation sites (N-methyl/N-ethyl adjacent to an activating group) is 1. The third-order valence-electron chi connectivity index (χ3n) is 3.90. The molecule has 1 aliphatic carbocycles. The molecular formula is C14H19F2N. The normalized spacial score (nSPS) is 23.5. The zero-order valence-corrected chi connectivity index (χ0v) is 10.6. The van der Waals surface area contributed by atoms with Crippen molar-refractivity contribution in [3.63, 3.8) is 0 Å². The van der Waals surface area contributed by atoms with Crippen LogP contribution in [0.1, 0.15) is 25.8 Å². The molecule has 1 aromatic rings. The summed E-state index contributed by atoms with van der Waals surface area (Å²) in [4.78, 5) is 0. The lowest BCUT2D eigenvalue weighted by molar-refractivity contribution is 0.420. The van der Waals surface area contributed by atoms with Crippen molar-refractivity contribution in [1.29, 1.82) is 0 Å². The van der Waals surface area contributed by atoms with Crippen molar-refractivity contribution >= 4 is 0 Å². The molecule has 0 saturated heterocycles. The molecule has 0 bridgehead atoms. The Bertz CT molecular complexity index is 415. The second-order valence-corrected chi connectivity index (χ2v) is 5.63. The molecule has 0 heterocycles. The summed E-state index contributed by atoms with van der Waals surface area (Å²) in [6.45, 7) is 4.45. The summed E-state index contributed by atoms with van der Waals surface area (Å²) in [6, 6.07) is 4.10. The van der Waals surface area contributed by atoms with Crippen molar-refractivity contribution in [2.75, 3.05) is 7.05 Å². The van der Waals surface area contributed by atoms with E-state index in [2.05, 4.69) is 19.2 Å². The highest BCUT2D eigenvalue weighted by atomic mass is 19.1. The summed E-state index contributed by atoms with van der Waals surface area (Å²) < 4.78 is 26.4. The Morgan fingerprint density at radius 3 is 2.53 bits per heavy atom. The third-order valence-corrected chi connectivity index (χ3v) is 3.90. The van der Waals surface area contributed by atoms with Crippen LogP contribution in [0, 0.1) is 23.0 Å². The van der Waals surface area contributed by atoms with Crippen LogP contribution in [0.15, 0.2) is 18.2 Å². The van der Waals surface area contributed by atoms with Gasteiger partial charge in [-0.3, -0.25) is 0 Å². The van der Waals surface area contributed by atoms with Crippen LogP contribution in [0.5, 0.6) is 0 Å². The number of hydrogen-bond acceptors (Lipinski definition) is 1. The first-order valence-electron chi connectivity index (χ1n) is 6.05. The Hall–Kier alpha value is -0.960. The average Bonchev–Trinajstić information content (AvgIpc) is 2.86. The fourth-order valence-electron chi connectivity index (χ4n) is 2.56. The topological polar surface area (TPSA) is 12.0 Å². The highest BCUT2D eigenvalue weighted by molar-refractivity contribution is 5.21. The zero-order chi connectivity index (χ0) is 12.6. The van der Waals surface area contributed by atoms with Gasteiger partial charge in [0.2, 0.25) is 0 Å². The van der Waals surface area contributed by atoms with Gasteiger partial charge in [-0.15, -0.1) is 0 Å². The molecule has 0 aromatic heterocycles. The fraction of sp³-hybridized carbons (Fsp3) is 0.571. The average molecular weight is 239 g/mol. The van der Waals surface area contributed by atoms with E-state index in [1.165, 1.54) is 12.5 Å². The van der Waals surface area contributed by atoms with Crippen LogP contribution in [0.25, 0.3) is 0 Å². The van der Waals surface area contributed by atoms with Crippen molar-refractivity contribution in [3.8, 4) is 0 Å². The van der Waals surface area contributed by atoms with Gasteiger partial charge in [-0.2, -0.15) is 0 Å². The number of nitrogens with one attached hydrogen (secondary N) is 1. The van der Waals surface area contributed by atoms with Gasteiger partial charge in [0.05, 0.1) is 0 Å². The van der Waals surface area contributed by atoms with Crippen molar-refractivity contribution in [3.05, 3.63) is 35.4 Å². The van der Waals surface area contributed by atoms with Crippen LogP contribution in [-0.4, -0.2) is 13.1 Å². The maximum absolute atomic E-state index is 13.6. The molecule has 0 radical (unpaired) electrons. The molecule has 2 atom stereocenters. The van der Waals surface area contributed by atoms with E-state index < -0.39 is 11.6 Å². The van der Waals surface area contributed by atoms with E-state index in [9.17, 15) is 8.78 Å². The smallest absolute Gasteiger partial charge is 0.129 e. The van der Waals surface area contributed by atoms with Crippen LogP contribution < -0.4 is 5.32 Å². The van der Waals surface area contributed by atoms with E-state index in [-0.39, 0.29) is 6.04 Å². The summed E-state index contributed by atoms with van der Waals surface area (Å²) in [7, 11) is 1.90. The Labute approximate surface area is 101 Å². The lowest BCUT2D eigenvalue weighted by Gasteiger charge is -2.18. The van der Waals surface area contributed by atoms with Crippen molar-refractivity contribution in [1.82, 2.24) is 5.32 Å². The Morgan fingerprint density at radius 2 is 2.06 bits per heavy atom. The van der Waals surface area contributed by atoms with Crippen molar-refractivity contribution in [2.24, 2.45) is 11.3 Å². The van der Waals surface area contributed by atoms with E-state index in [4.69, 9.17) is 0 Å². The molecule has 1 fully saturated rings. The molecule has 2 unspecified atom stereocenters. The van der Waals surface area contributed by atoms with Crippen molar-refractivity contribution in [2.45, 2.75) is 32.7 Å². The predicted octanol–water partition coefficient (Wildman–Crippen LogP) is 3.14. The molecule has 94 valence electrons. The summed E-state index contributed by atoms with van der Waals surface area (Å²) in [5.41, 5.74) is 0.943. The molecule has 1 N–H and O–H groups in total. The molecule has 1 nitrogen and oxygen atoms in total. The largest absolute Gasteiger partial charge is 0.316 e. The summed E-state index contributed by atoms with van der Waals surface area (Å²) in [6.07, 6.45) is 1.79.